The molecule has 2 aliphatic heterocycles. The maximum atomic E-state index is 5.40. The molecule has 2 atom stereocenters. The van der Waals surface area contributed by atoms with Crippen molar-refractivity contribution < 1.29 is 0 Å². The first-order valence-electron chi connectivity index (χ1n) is 6.59. The van der Waals surface area contributed by atoms with Crippen molar-refractivity contribution in [1.29, 1.82) is 0 Å². The van der Waals surface area contributed by atoms with Crippen molar-refractivity contribution in [3.05, 3.63) is 11.9 Å². The average molecular weight is 248 g/mol. The molecular weight excluding hydrogens is 228 g/mol. The van der Waals surface area contributed by atoms with E-state index in [0.717, 1.165) is 11.6 Å². The molecule has 6 nitrogen and oxygen atoms in total. The van der Waals surface area contributed by atoms with Gasteiger partial charge in [-0.2, -0.15) is 0 Å². The lowest BCUT2D eigenvalue weighted by Crippen LogP contribution is -2.34. The molecule has 4 N–H and O–H groups in total. The Hall–Kier alpha value is -1.40. The highest BCUT2D eigenvalue weighted by Gasteiger charge is 2.37. The van der Waals surface area contributed by atoms with Gasteiger partial charge in [0.1, 0.15) is 17.5 Å². The van der Waals surface area contributed by atoms with Crippen molar-refractivity contribution in [3.8, 4) is 0 Å². The molecule has 1 aromatic rings. The van der Waals surface area contributed by atoms with Gasteiger partial charge in [0.2, 0.25) is 0 Å². The summed E-state index contributed by atoms with van der Waals surface area (Å²) in [6.45, 7) is 4.33. The molecular formula is C12H20N6. The van der Waals surface area contributed by atoms with Crippen molar-refractivity contribution in [2.45, 2.75) is 38.3 Å². The van der Waals surface area contributed by atoms with E-state index >= 15 is 0 Å². The van der Waals surface area contributed by atoms with Crippen LogP contribution in [-0.2, 0) is 0 Å². The highest BCUT2D eigenvalue weighted by atomic mass is 15.3. The number of aromatic nitrogens is 2. The number of hydrogen-bond donors (Lipinski definition) is 3. The monoisotopic (exact) mass is 248 g/mol. The smallest absolute Gasteiger partial charge is 0.145 e. The summed E-state index contributed by atoms with van der Waals surface area (Å²) in [6.07, 6.45) is 3.81. The first-order chi connectivity index (χ1) is 8.76. The van der Waals surface area contributed by atoms with E-state index in [1.807, 2.05) is 13.0 Å². The molecule has 0 radical (unpaired) electrons. The van der Waals surface area contributed by atoms with E-state index in [1.165, 1.54) is 32.4 Å². The van der Waals surface area contributed by atoms with Gasteiger partial charge < -0.3 is 10.7 Å². The Bertz CT molecular complexity index is 435. The summed E-state index contributed by atoms with van der Waals surface area (Å²) in [5, 5.41) is 3.54. The second-order valence-electron chi connectivity index (χ2n) is 5.12. The fourth-order valence-electron chi connectivity index (χ4n) is 3.16. The quantitative estimate of drug-likeness (QED) is 0.540. The maximum Gasteiger partial charge on any atom is 0.145 e. The number of nitrogens with zero attached hydrogens (tertiary/aromatic N) is 3. The molecule has 0 saturated carbocycles. The van der Waals surface area contributed by atoms with Crippen LogP contribution in [-0.4, -0.2) is 40.0 Å². The number of aryl methyl sites for hydroxylation is 1. The van der Waals surface area contributed by atoms with Gasteiger partial charge >= 0.3 is 0 Å². The van der Waals surface area contributed by atoms with Crippen LogP contribution in [0, 0.1) is 6.92 Å². The molecule has 1 aromatic heterocycles. The number of nitrogen functional groups attached to an aromatic ring is 1. The zero-order valence-corrected chi connectivity index (χ0v) is 10.7. The van der Waals surface area contributed by atoms with Crippen LogP contribution in [0.15, 0.2) is 6.07 Å². The number of hydrazine groups is 1. The van der Waals surface area contributed by atoms with Crippen LogP contribution in [0.2, 0.25) is 0 Å². The van der Waals surface area contributed by atoms with E-state index in [2.05, 4.69) is 25.6 Å². The number of rotatable bonds is 3. The zero-order valence-electron chi connectivity index (χ0n) is 10.7. The van der Waals surface area contributed by atoms with Gasteiger partial charge in [-0.3, -0.25) is 4.90 Å². The van der Waals surface area contributed by atoms with E-state index in [4.69, 9.17) is 5.84 Å². The Labute approximate surface area is 107 Å². The van der Waals surface area contributed by atoms with Gasteiger partial charge in [-0.25, -0.2) is 15.8 Å². The highest BCUT2D eigenvalue weighted by molar-refractivity contribution is 5.47. The number of anilines is 2. The third-order valence-electron chi connectivity index (χ3n) is 3.93. The van der Waals surface area contributed by atoms with E-state index in [9.17, 15) is 0 Å². The van der Waals surface area contributed by atoms with Gasteiger partial charge in [-0.15, -0.1) is 0 Å². The molecule has 2 aliphatic rings. The molecule has 0 bridgehead atoms. The number of nitrogens with two attached hydrogens (primary N) is 1. The largest absolute Gasteiger partial charge is 0.366 e. The van der Waals surface area contributed by atoms with Gasteiger partial charge in [0.25, 0.3) is 0 Å². The summed E-state index contributed by atoms with van der Waals surface area (Å²) in [5.74, 6) is 7.66. The van der Waals surface area contributed by atoms with Gasteiger partial charge in [0.15, 0.2) is 0 Å². The van der Waals surface area contributed by atoms with Crippen LogP contribution in [0.3, 0.4) is 0 Å². The first kappa shape index (κ1) is 11.7. The van der Waals surface area contributed by atoms with Crippen LogP contribution in [0.1, 0.15) is 25.1 Å². The van der Waals surface area contributed by atoms with Crippen LogP contribution in [0.4, 0.5) is 11.6 Å². The Morgan fingerprint density at radius 3 is 2.94 bits per heavy atom. The first-order valence-corrected chi connectivity index (χ1v) is 6.59. The van der Waals surface area contributed by atoms with Crippen LogP contribution in [0.5, 0.6) is 0 Å². The van der Waals surface area contributed by atoms with E-state index in [1.54, 1.807) is 0 Å². The van der Waals surface area contributed by atoms with Crippen molar-refractivity contribution in [2.75, 3.05) is 23.8 Å². The van der Waals surface area contributed by atoms with Gasteiger partial charge in [-0.1, -0.05) is 0 Å². The molecule has 18 heavy (non-hydrogen) atoms. The fourth-order valence-corrected chi connectivity index (χ4v) is 3.16. The molecule has 3 rings (SSSR count). The minimum Gasteiger partial charge on any atom is -0.366 e. The standard InChI is InChI=1S/C12H20N6/c1-8-14-11(7-12(15-8)17-13)16-9-4-6-18-5-2-3-10(9)18/h7,9-10H,2-6,13H2,1H3,(H2,14,15,16,17). The van der Waals surface area contributed by atoms with Crippen LogP contribution in [0.25, 0.3) is 0 Å². The normalized spacial score (nSPS) is 27.2. The predicted molar refractivity (Wildman–Crippen MR) is 71.2 cm³/mol. The van der Waals surface area contributed by atoms with E-state index in [0.29, 0.717) is 17.9 Å². The lowest BCUT2D eigenvalue weighted by molar-refractivity contribution is 0.318. The van der Waals surface area contributed by atoms with E-state index in [-0.39, 0.29) is 0 Å². The second kappa shape index (κ2) is 4.70. The zero-order chi connectivity index (χ0) is 12.5. The van der Waals surface area contributed by atoms with Gasteiger partial charge in [-0.05, 0) is 32.7 Å². The third-order valence-corrected chi connectivity index (χ3v) is 3.93. The third kappa shape index (κ3) is 2.13. The Balaban J connectivity index is 1.74. The molecule has 2 saturated heterocycles. The van der Waals surface area contributed by atoms with Crippen molar-refractivity contribution in [3.63, 3.8) is 0 Å². The molecule has 98 valence electrons. The van der Waals surface area contributed by atoms with Gasteiger partial charge in [0.05, 0.1) is 0 Å². The topological polar surface area (TPSA) is 79.1 Å². The second-order valence-corrected chi connectivity index (χ2v) is 5.12. The summed E-state index contributed by atoms with van der Waals surface area (Å²) in [5.41, 5.74) is 2.58. The average Bonchev–Trinajstić information content (AvgIpc) is 2.93. The Kier molecular flexibility index (Phi) is 3.05. The van der Waals surface area contributed by atoms with Crippen LogP contribution >= 0.6 is 0 Å². The number of nitrogens with one attached hydrogen (secondary N) is 2. The minimum absolute atomic E-state index is 0.507. The van der Waals surface area contributed by atoms with Crippen molar-refractivity contribution in [2.24, 2.45) is 5.84 Å². The summed E-state index contributed by atoms with van der Waals surface area (Å²) in [6, 6.07) is 3.05. The lowest BCUT2D eigenvalue weighted by Gasteiger charge is -2.22. The van der Waals surface area contributed by atoms with Crippen LogP contribution < -0.4 is 16.6 Å². The molecule has 2 unspecified atom stereocenters. The SMILES string of the molecule is Cc1nc(NN)cc(NC2CCN3CCCC23)n1. The molecule has 0 spiro atoms. The molecule has 0 amide bonds. The van der Waals surface area contributed by atoms with Crippen molar-refractivity contribution >= 4 is 11.6 Å². The number of hydrogen-bond acceptors (Lipinski definition) is 6. The molecule has 2 fully saturated rings. The summed E-state index contributed by atoms with van der Waals surface area (Å²) >= 11 is 0. The fraction of sp³-hybridized carbons (Fsp3) is 0.667. The van der Waals surface area contributed by atoms with Crippen molar-refractivity contribution in [1.82, 2.24) is 14.9 Å². The number of fused-ring (bicyclic) bond motifs is 1. The highest BCUT2D eigenvalue weighted by Crippen LogP contribution is 2.29. The maximum absolute atomic E-state index is 5.40. The van der Waals surface area contributed by atoms with Gasteiger partial charge in [0, 0.05) is 24.7 Å². The Morgan fingerprint density at radius 1 is 1.28 bits per heavy atom. The summed E-state index contributed by atoms with van der Waals surface area (Å²) in [4.78, 5) is 11.2. The summed E-state index contributed by atoms with van der Waals surface area (Å²) < 4.78 is 0. The molecule has 0 aromatic carbocycles. The minimum atomic E-state index is 0.507. The Morgan fingerprint density at radius 2 is 2.11 bits per heavy atom. The summed E-state index contributed by atoms with van der Waals surface area (Å²) in [7, 11) is 0. The molecule has 3 heterocycles. The molecule has 0 aliphatic carbocycles. The van der Waals surface area contributed by atoms with E-state index < -0.39 is 0 Å². The molecule has 6 heteroatoms. The predicted octanol–water partition coefficient (Wildman–Crippen LogP) is 0.719. The lowest BCUT2D eigenvalue weighted by atomic mass is 10.1.